The molecule has 1 aliphatic rings. The quantitative estimate of drug-likeness (QED) is 0.736. The van der Waals surface area contributed by atoms with Crippen molar-refractivity contribution < 1.29 is 0 Å². The number of benzene rings is 1. The van der Waals surface area contributed by atoms with Crippen molar-refractivity contribution in [2.75, 3.05) is 0 Å². The third-order valence-corrected chi connectivity index (χ3v) is 4.55. The van der Waals surface area contributed by atoms with E-state index >= 15 is 0 Å². The molecule has 0 radical (unpaired) electrons. The van der Waals surface area contributed by atoms with Crippen molar-refractivity contribution in [2.24, 2.45) is 15.0 Å². The number of hydrogen-bond donors (Lipinski definition) is 0. The maximum Gasteiger partial charge on any atom is 0.0694 e. The van der Waals surface area contributed by atoms with Gasteiger partial charge in [0.25, 0.3) is 0 Å². The first-order valence-corrected chi connectivity index (χ1v) is 7.09. The Balaban J connectivity index is 2.77. The maximum atomic E-state index is 4.33. The fourth-order valence-corrected chi connectivity index (χ4v) is 3.31. The van der Waals surface area contributed by atoms with Gasteiger partial charge in [0.2, 0.25) is 0 Å². The second-order valence-electron chi connectivity index (χ2n) is 5.76. The minimum Gasteiger partial charge on any atom is -0.294 e. The van der Waals surface area contributed by atoms with Gasteiger partial charge >= 0.3 is 0 Å². The molecule has 0 spiro atoms. The fraction of sp³-hybridized carbons (Fsp3) is 0.471. The molecule has 0 bridgehead atoms. The summed E-state index contributed by atoms with van der Waals surface area (Å²) in [6.07, 6.45) is 3.73. The fourth-order valence-electron chi connectivity index (χ4n) is 3.31. The molecule has 0 fully saturated rings. The molecule has 0 amide bonds. The van der Waals surface area contributed by atoms with Crippen molar-refractivity contribution in [3.8, 4) is 0 Å². The summed E-state index contributed by atoms with van der Waals surface area (Å²) in [5, 5.41) is 0. The van der Waals surface area contributed by atoms with Crippen LogP contribution >= 0.6 is 0 Å². The van der Waals surface area contributed by atoms with Gasteiger partial charge in [-0.25, -0.2) is 0 Å². The number of fused-ring (bicyclic) bond motifs is 1. The molecule has 0 saturated carbocycles. The molecular weight excluding hydrogens is 246 g/mol. The minimum atomic E-state index is -0.106. The summed E-state index contributed by atoms with van der Waals surface area (Å²) < 4.78 is 0. The second-order valence-corrected chi connectivity index (χ2v) is 5.76. The van der Waals surface area contributed by atoms with Gasteiger partial charge < -0.3 is 0 Å². The van der Waals surface area contributed by atoms with Crippen LogP contribution in [-0.2, 0) is 19.3 Å². The Morgan fingerprint density at radius 3 is 2.25 bits per heavy atom. The van der Waals surface area contributed by atoms with Crippen molar-refractivity contribution in [3.05, 3.63) is 22.3 Å². The highest BCUT2D eigenvalue weighted by atomic mass is 14.8. The molecule has 1 unspecified atom stereocenters. The van der Waals surface area contributed by atoms with Crippen LogP contribution in [0, 0.1) is 6.92 Å². The third-order valence-electron chi connectivity index (χ3n) is 4.55. The lowest BCUT2D eigenvalue weighted by Crippen LogP contribution is -2.30. The molecule has 1 aromatic rings. The van der Waals surface area contributed by atoms with Crippen molar-refractivity contribution >= 4 is 31.5 Å². The predicted octanol–water partition coefficient (Wildman–Crippen LogP) is 4.17. The Bertz CT molecular complexity index is 587. The van der Waals surface area contributed by atoms with Gasteiger partial charge in [0.05, 0.1) is 16.9 Å². The van der Waals surface area contributed by atoms with Crippen molar-refractivity contribution in [3.63, 3.8) is 0 Å². The summed E-state index contributed by atoms with van der Waals surface area (Å²) >= 11 is 0. The maximum absolute atomic E-state index is 4.33. The van der Waals surface area contributed by atoms with Gasteiger partial charge in [-0.3, -0.25) is 15.0 Å². The predicted molar refractivity (Wildman–Crippen MR) is 89.0 cm³/mol. The van der Waals surface area contributed by atoms with Crippen molar-refractivity contribution in [1.29, 1.82) is 0 Å². The lowest BCUT2D eigenvalue weighted by molar-refractivity contribution is 0.415. The zero-order chi connectivity index (χ0) is 14.9. The number of nitrogens with zero attached hydrogens (tertiary/aromatic N) is 3. The van der Waals surface area contributed by atoms with Crippen LogP contribution in [0.25, 0.3) is 0 Å². The van der Waals surface area contributed by atoms with Gasteiger partial charge in [0.15, 0.2) is 0 Å². The summed E-state index contributed by atoms with van der Waals surface area (Å²) in [5.74, 6) is 0. The van der Waals surface area contributed by atoms with E-state index in [4.69, 9.17) is 0 Å². The van der Waals surface area contributed by atoms with Gasteiger partial charge in [-0.05, 0) is 81.9 Å². The van der Waals surface area contributed by atoms with Crippen LogP contribution < -0.4 is 0 Å². The SMILES string of the molecule is C=Nc1c(C)c(CC)c(N=C)c2c1CCC(C)(N=C)C2. The molecule has 106 valence electrons. The summed E-state index contributed by atoms with van der Waals surface area (Å²) in [5.41, 5.74) is 6.90. The van der Waals surface area contributed by atoms with E-state index in [-0.39, 0.29) is 5.54 Å². The van der Waals surface area contributed by atoms with Crippen LogP contribution in [0.15, 0.2) is 15.0 Å². The standard InChI is InChI=1S/C17H23N3/c1-7-12-11(2)15(18-4)13-8-9-17(3,20-6)10-14(13)16(12)19-5/h4-10H2,1-3H3. The Kier molecular flexibility index (Phi) is 3.89. The number of aliphatic imine (C=N–C) groups is 3. The van der Waals surface area contributed by atoms with E-state index in [1.165, 1.54) is 22.3 Å². The van der Waals surface area contributed by atoms with E-state index in [2.05, 4.69) is 55.9 Å². The molecule has 1 atom stereocenters. The van der Waals surface area contributed by atoms with E-state index in [1.807, 2.05) is 0 Å². The van der Waals surface area contributed by atoms with Gasteiger partial charge in [0, 0.05) is 0 Å². The van der Waals surface area contributed by atoms with Crippen LogP contribution in [0.2, 0.25) is 0 Å². The molecule has 3 nitrogen and oxygen atoms in total. The highest BCUT2D eigenvalue weighted by Gasteiger charge is 2.33. The zero-order valence-electron chi connectivity index (χ0n) is 12.8. The lowest BCUT2D eigenvalue weighted by atomic mass is 9.76. The third kappa shape index (κ3) is 2.11. The highest BCUT2D eigenvalue weighted by Crippen LogP contribution is 2.45. The van der Waals surface area contributed by atoms with E-state index in [0.29, 0.717) is 0 Å². The molecule has 0 heterocycles. The molecule has 1 aliphatic carbocycles. The molecule has 3 heteroatoms. The molecule has 20 heavy (non-hydrogen) atoms. The van der Waals surface area contributed by atoms with Gasteiger partial charge in [-0.15, -0.1) is 0 Å². The normalized spacial score (nSPS) is 21.1. The van der Waals surface area contributed by atoms with Crippen LogP contribution in [0.3, 0.4) is 0 Å². The highest BCUT2D eigenvalue weighted by molar-refractivity contribution is 5.73. The Morgan fingerprint density at radius 1 is 1.10 bits per heavy atom. The molecule has 0 aromatic heterocycles. The van der Waals surface area contributed by atoms with Gasteiger partial charge in [0.1, 0.15) is 0 Å². The Hall–Kier alpha value is -1.77. The topological polar surface area (TPSA) is 37.1 Å². The van der Waals surface area contributed by atoms with Gasteiger partial charge in [-0.2, -0.15) is 0 Å². The first-order chi connectivity index (χ1) is 9.51. The first kappa shape index (κ1) is 14.6. The summed E-state index contributed by atoms with van der Waals surface area (Å²) in [6.45, 7) is 17.7. The average Bonchev–Trinajstić information content (AvgIpc) is 2.46. The molecule has 2 rings (SSSR count). The van der Waals surface area contributed by atoms with Crippen LogP contribution in [0.1, 0.15) is 42.5 Å². The molecular formula is C17H23N3. The van der Waals surface area contributed by atoms with E-state index < -0.39 is 0 Å². The van der Waals surface area contributed by atoms with Crippen molar-refractivity contribution in [1.82, 2.24) is 0 Å². The zero-order valence-corrected chi connectivity index (χ0v) is 12.8. The smallest absolute Gasteiger partial charge is 0.0694 e. The van der Waals surface area contributed by atoms with E-state index in [0.717, 1.165) is 37.1 Å². The number of hydrogen-bond acceptors (Lipinski definition) is 3. The van der Waals surface area contributed by atoms with Gasteiger partial charge in [-0.1, -0.05) is 6.92 Å². The average molecular weight is 269 g/mol. The first-order valence-electron chi connectivity index (χ1n) is 7.09. The largest absolute Gasteiger partial charge is 0.294 e. The minimum absolute atomic E-state index is 0.106. The summed E-state index contributed by atoms with van der Waals surface area (Å²) in [6, 6.07) is 0. The molecule has 0 saturated heterocycles. The van der Waals surface area contributed by atoms with E-state index in [1.54, 1.807) is 0 Å². The monoisotopic (exact) mass is 269 g/mol. The van der Waals surface area contributed by atoms with Crippen LogP contribution in [0.4, 0.5) is 11.4 Å². The molecule has 0 aliphatic heterocycles. The summed E-state index contributed by atoms with van der Waals surface area (Å²) in [4.78, 5) is 12.9. The van der Waals surface area contributed by atoms with E-state index in [9.17, 15) is 0 Å². The Morgan fingerprint density at radius 2 is 1.75 bits per heavy atom. The number of rotatable bonds is 4. The second kappa shape index (κ2) is 5.31. The molecule has 0 N–H and O–H groups in total. The summed E-state index contributed by atoms with van der Waals surface area (Å²) in [7, 11) is 0. The Labute approximate surface area is 121 Å². The molecule has 1 aromatic carbocycles. The van der Waals surface area contributed by atoms with Crippen LogP contribution in [0.5, 0.6) is 0 Å². The van der Waals surface area contributed by atoms with Crippen LogP contribution in [-0.4, -0.2) is 25.7 Å². The lowest BCUT2D eigenvalue weighted by Gasteiger charge is -2.34. The van der Waals surface area contributed by atoms with Crippen molar-refractivity contribution in [2.45, 2.75) is 52.0 Å².